The predicted molar refractivity (Wildman–Crippen MR) is 87.7 cm³/mol. The summed E-state index contributed by atoms with van der Waals surface area (Å²) in [6, 6.07) is 11.4. The lowest BCUT2D eigenvalue weighted by Gasteiger charge is -2.50. The van der Waals surface area contributed by atoms with Crippen LogP contribution in [0.2, 0.25) is 0 Å². The van der Waals surface area contributed by atoms with E-state index in [4.69, 9.17) is 9.47 Å². The maximum absolute atomic E-state index is 6.14. The summed E-state index contributed by atoms with van der Waals surface area (Å²) in [5.41, 5.74) is 1.33. The molecule has 4 heteroatoms. The van der Waals surface area contributed by atoms with Crippen molar-refractivity contribution in [2.75, 3.05) is 34.4 Å². The highest BCUT2D eigenvalue weighted by atomic mass is 16.7. The fourth-order valence-corrected chi connectivity index (χ4v) is 4.08. The second-order valence-corrected chi connectivity index (χ2v) is 6.78. The molecule has 0 unspecified atom stereocenters. The number of likely N-dealkylation sites (N-methyl/N-ethyl adjacent to an activating group) is 2. The van der Waals surface area contributed by atoms with Crippen LogP contribution >= 0.6 is 0 Å². The van der Waals surface area contributed by atoms with Crippen LogP contribution in [0.1, 0.15) is 24.8 Å². The number of ether oxygens (including phenoxy) is 2. The van der Waals surface area contributed by atoms with Crippen LogP contribution < -0.4 is 0 Å². The first kappa shape index (κ1) is 15.9. The largest absolute Gasteiger partial charge is 0.346 e. The average molecular weight is 304 g/mol. The van der Waals surface area contributed by atoms with Crippen molar-refractivity contribution in [1.82, 2.24) is 9.80 Å². The van der Waals surface area contributed by atoms with Crippen molar-refractivity contribution in [1.29, 1.82) is 0 Å². The maximum atomic E-state index is 6.14. The van der Waals surface area contributed by atoms with E-state index in [0.717, 1.165) is 26.2 Å². The first-order valence-electron chi connectivity index (χ1n) is 8.31. The van der Waals surface area contributed by atoms with E-state index >= 15 is 0 Å². The van der Waals surface area contributed by atoms with Crippen LogP contribution in [0.4, 0.5) is 0 Å². The molecule has 1 spiro atoms. The van der Waals surface area contributed by atoms with E-state index in [0.29, 0.717) is 6.04 Å². The number of rotatable bonds is 4. The number of benzene rings is 1. The molecule has 122 valence electrons. The molecule has 1 saturated heterocycles. The summed E-state index contributed by atoms with van der Waals surface area (Å²) >= 11 is 0. The maximum Gasteiger partial charge on any atom is 0.185 e. The molecule has 0 amide bonds. The van der Waals surface area contributed by atoms with E-state index in [-0.39, 0.29) is 6.04 Å². The van der Waals surface area contributed by atoms with Gasteiger partial charge in [-0.1, -0.05) is 30.3 Å². The molecule has 0 N–H and O–H groups in total. The fraction of sp³-hybridized carbons (Fsp3) is 0.667. The van der Waals surface area contributed by atoms with Crippen LogP contribution in [0.15, 0.2) is 30.3 Å². The summed E-state index contributed by atoms with van der Waals surface area (Å²) in [5, 5.41) is 0. The van der Waals surface area contributed by atoms with Crippen molar-refractivity contribution in [3.63, 3.8) is 0 Å². The molecule has 1 aliphatic heterocycles. The fourth-order valence-electron chi connectivity index (χ4n) is 4.08. The third kappa shape index (κ3) is 3.06. The topological polar surface area (TPSA) is 24.9 Å². The molecule has 2 fully saturated rings. The minimum Gasteiger partial charge on any atom is -0.346 e. The second-order valence-electron chi connectivity index (χ2n) is 6.78. The molecule has 1 aromatic rings. The summed E-state index contributed by atoms with van der Waals surface area (Å²) in [6.45, 7) is 2.36. The molecule has 22 heavy (non-hydrogen) atoms. The zero-order valence-corrected chi connectivity index (χ0v) is 14.0. The van der Waals surface area contributed by atoms with Gasteiger partial charge >= 0.3 is 0 Å². The Hall–Kier alpha value is -0.940. The van der Waals surface area contributed by atoms with Gasteiger partial charge in [0.25, 0.3) is 0 Å². The van der Waals surface area contributed by atoms with Gasteiger partial charge < -0.3 is 14.4 Å². The van der Waals surface area contributed by atoms with Crippen LogP contribution in [0.5, 0.6) is 0 Å². The van der Waals surface area contributed by atoms with Crippen molar-refractivity contribution in [2.24, 2.45) is 0 Å². The van der Waals surface area contributed by atoms with Gasteiger partial charge in [0.2, 0.25) is 0 Å². The van der Waals surface area contributed by atoms with Gasteiger partial charge in [-0.05, 0) is 39.5 Å². The number of hydrogen-bond acceptors (Lipinski definition) is 4. The van der Waals surface area contributed by atoms with E-state index in [1.165, 1.54) is 18.4 Å². The Balaban J connectivity index is 1.83. The molecular formula is C18H28N2O2. The Morgan fingerprint density at radius 2 is 1.77 bits per heavy atom. The van der Waals surface area contributed by atoms with Crippen molar-refractivity contribution >= 4 is 0 Å². The molecular weight excluding hydrogens is 276 g/mol. The zero-order chi connectivity index (χ0) is 15.6. The molecule has 1 heterocycles. The third-order valence-corrected chi connectivity index (χ3v) is 5.03. The summed E-state index contributed by atoms with van der Waals surface area (Å²) in [7, 11) is 6.54. The summed E-state index contributed by atoms with van der Waals surface area (Å²) in [6.07, 6.45) is 3.37. The van der Waals surface area contributed by atoms with Crippen LogP contribution in [-0.4, -0.2) is 62.0 Å². The lowest BCUT2D eigenvalue weighted by Crippen LogP contribution is -2.63. The highest BCUT2D eigenvalue weighted by Crippen LogP contribution is 2.40. The van der Waals surface area contributed by atoms with Gasteiger partial charge in [-0.3, -0.25) is 4.90 Å². The number of nitrogens with zero attached hydrogens (tertiary/aromatic N) is 2. The molecule has 4 nitrogen and oxygen atoms in total. The van der Waals surface area contributed by atoms with Gasteiger partial charge in [-0.25, -0.2) is 0 Å². The van der Waals surface area contributed by atoms with E-state index in [2.05, 4.69) is 61.3 Å². The average Bonchev–Trinajstić information content (AvgIpc) is 2.96. The van der Waals surface area contributed by atoms with E-state index in [9.17, 15) is 0 Å². The Morgan fingerprint density at radius 1 is 1.09 bits per heavy atom. The van der Waals surface area contributed by atoms with Gasteiger partial charge in [0.05, 0.1) is 19.3 Å². The minimum absolute atomic E-state index is 0.263. The van der Waals surface area contributed by atoms with E-state index < -0.39 is 5.79 Å². The highest BCUT2D eigenvalue weighted by Gasteiger charge is 2.52. The molecule has 0 radical (unpaired) electrons. The van der Waals surface area contributed by atoms with Crippen LogP contribution in [0.3, 0.4) is 0 Å². The lowest BCUT2D eigenvalue weighted by atomic mass is 9.83. The zero-order valence-electron chi connectivity index (χ0n) is 14.0. The highest BCUT2D eigenvalue weighted by molar-refractivity contribution is 5.15. The molecule has 1 aliphatic carbocycles. The molecule has 2 atom stereocenters. The van der Waals surface area contributed by atoms with Crippen molar-refractivity contribution in [3.05, 3.63) is 35.9 Å². The van der Waals surface area contributed by atoms with Crippen LogP contribution in [-0.2, 0) is 16.0 Å². The first-order valence-corrected chi connectivity index (χ1v) is 8.31. The smallest absolute Gasteiger partial charge is 0.185 e. The molecule has 1 saturated carbocycles. The van der Waals surface area contributed by atoms with Gasteiger partial charge in [-0.15, -0.1) is 0 Å². The third-order valence-electron chi connectivity index (χ3n) is 5.03. The Bertz CT molecular complexity index is 471. The van der Waals surface area contributed by atoms with Gasteiger partial charge in [0, 0.05) is 19.0 Å². The minimum atomic E-state index is -0.420. The van der Waals surface area contributed by atoms with Crippen molar-refractivity contribution in [2.45, 2.75) is 43.7 Å². The molecule has 0 aromatic heterocycles. The van der Waals surface area contributed by atoms with Crippen LogP contribution in [0, 0.1) is 0 Å². The summed E-state index contributed by atoms with van der Waals surface area (Å²) in [4.78, 5) is 4.75. The lowest BCUT2D eigenvalue weighted by molar-refractivity contribution is -0.230. The monoisotopic (exact) mass is 304 g/mol. The second kappa shape index (κ2) is 6.67. The summed E-state index contributed by atoms with van der Waals surface area (Å²) in [5.74, 6) is -0.420. The van der Waals surface area contributed by atoms with Gasteiger partial charge in [-0.2, -0.15) is 0 Å². The van der Waals surface area contributed by atoms with Crippen molar-refractivity contribution in [3.8, 4) is 0 Å². The Morgan fingerprint density at radius 3 is 2.41 bits per heavy atom. The van der Waals surface area contributed by atoms with E-state index in [1.807, 2.05) is 0 Å². The van der Waals surface area contributed by atoms with E-state index in [1.54, 1.807) is 0 Å². The normalized spacial score (nSPS) is 27.9. The van der Waals surface area contributed by atoms with Gasteiger partial charge in [0.15, 0.2) is 5.79 Å². The Kier molecular flexibility index (Phi) is 4.83. The molecule has 3 rings (SSSR count). The molecule has 0 bridgehead atoms. The summed E-state index contributed by atoms with van der Waals surface area (Å²) < 4.78 is 12.3. The molecule has 1 aromatic carbocycles. The molecule has 2 aliphatic rings. The Labute approximate surface area is 134 Å². The predicted octanol–water partition coefficient (Wildman–Crippen LogP) is 2.34. The van der Waals surface area contributed by atoms with Gasteiger partial charge in [0.1, 0.15) is 0 Å². The standard InChI is InChI=1S/C18H28N2O2/c1-19(2)16-10-7-11-18(21-12-13-22-18)17(16)20(3)14-15-8-5-4-6-9-15/h4-6,8-9,16-17H,7,10-14H2,1-3H3/t16-,17+/m0/s1. The van der Waals surface area contributed by atoms with Crippen molar-refractivity contribution < 1.29 is 9.47 Å². The van der Waals surface area contributed by atoms with Crippen LogP contribution in [0.25, 0.3) is 0 Å². The first-order chi connectivity index (χ1) is 10.6. The SMILES string of the molecule is CN(C)[C@H]1CCCC2(OCCO2)[C@@H]1N(C)Cc1ccccc1. The quantitative estimate of drug-likeness (QED) is 0.852. The number of hydrogen-bond donors (Lipinski definition) is 0.